The fourth-order valence-corrected chi connectivity index (χ4v) is 1.33. The van der Waals surface area contributed by atoms with E-state index in [1.165, 1.54) is 0 Å². The number of aliphatic imine (C=N–C) groups is 1. The van der Waals surface area contributed by atoms with Gasteiger partial charge in [-0.2, -0.15) is 8.42 Å². The van der Waals surface area contributed by atoms with Gasteiger partial charge in [0, 0.05) is 6.21 Å². The molecule has 0 heterocycles. The topological polar surface area (TPSA) is 55.7 Å². The number of rotatable bonds is 5. The second-order valence-corrected chi connectivity index (χ2v) is 4.24. The van der Waals surface area contributed by atoms with Gasteiger partial charge in [-0.05, 0) is 12.5 Å². The van der Waals surface area contributed by atoms with Crippen LogP contribution < -0.4 is 0 Å². The summed E-state index contributed by atoms with van der Waals surface area (Å²) in [7, 11) is -4.88. The maximum absolute atomic E-state index is 12.0. The Balaban J connectivity index is 2.46. The summed E-state index contributed by atoms with van der Waals surface area (Å²) < 4.78 is 36.1. The zero-order valence-electron chi connectivity index (χ0n) is 8.71. The van der Waals surface area contributed by atoms with Gasteiger partial charge in [-0.3, -0.25) is 4.99 Å². The van der Waals surface area contributed by atoms with Gasteiger partial charge in [0.05, 0.1) is 12.6 Å². The van der Waals surface area contributed by atoms with E-state index in [1.54, 1.807) is 13.1 Å². The van der Waals surface area contributed by atoms with Crippen molar-refractivity contribution in [3.05, 3.63) is 35.9 Å². The molecule has 0 amide bonds. The van der Waals surface area contributed by atoms with Crippen molar-refractivity contribution >= 4 is 16.7 Å². The lowest BCUT2D eigenvalue weighted by molar-refractivity contribution is 0.278. The van der Waals surface area contributed by atoms with E-state index in [0.29, 0.717) is 0 Å². The predicted octanol–water partition coefficient (Wildman–Crippen LogP) is 1.72. The van der Waals surface area contributed by atoms with Crippen LogP contribution in [0.2, 0.25) is 0 Å². The van der Waals surface area contributed by atoms with Gasteiger partial charge in [-0.25, -0.2) is 4.18 Å². The molecule has 0 fully saturated rings. The molecule has 1 atom stereocenters. The molecule has 0 spiro atoms. The van der Waals surface area contributed by atoms with Crippen LogP contribution in [0.15, 0.2) is 35.3 Å². The highest BCUT2D eigenvalue weighted by molar-refractivity contribution is 7.81. The Kier molecular flexibility index (Phi) is 4.57. The van der Waals surface area contributed by atoms with Gasteiger partial charge in [-0.1, -0.05) is 34.2 Å². The van der Waals surface area contributed by atoms with Gasteiger partial charge in [0.1, 0.15) is 0 Å². The maximum Gasteiger partial charge on any atom is 0.437 e. The third kappa shape index (κ3) is 5.57. The van der Waals surface area contributed by atoms with Crippen LogP contribution in [0, 0.1) is 0 Å². The normalized spacial score (nSPS) is 14.1. The highest BCUT2D eigenvalue weighted by atomic mass is 32.3. The SMILES string of the molecule is C[C@H](COS(=O)(=O)F)/N=C/c1ccccc1. The van der Waals surface area contributed by atoms with Crippen LogP contribution in [-0.4, -0.2) is 27.3 Å². The quantitative estimate of drug-likeness (QED) is 0.586. The number of halogens is 1. The minimum Gasteiger partial charge on any atom is -0.287 e. The number of nitrogens with zero attached hydrogens (tertiary/aromatic N) is 1. The molecule has 0 aliphatic carbocycles. The van der Waals surface area contributed by atoms with E-state index >= 15 is 0 Å². The lowest BCUT2D eigenvalue weighted by Gasteiger charge is -2.03. The third-order valence-corrected chi connectivity index (χ3v) is 2.15. The summed E-state index contributed by atoms with van der Waals surface area (Å²) in [6, 6.07) is 8.86. The zero-order chi connectivity index (χ0) is 12.0. The molecular weight excluding hydrogens is 233 g/mol. The molecule has 1 aromatic carbocycles. The summed E-state index contributed by atoms with van der Waals surface area (Å²) in [4.78, 5) is 4.02. The van der Waals surface area contributed by atoms with Gasteiger partial charge in [-0.15, -0.1) is 0 Å². The average molecular weight is 245 g/mol. The lowest BCUT2D eigenvalue weighted by Crippen LogP contribution is -2.11. The summed E-state index contributed by atoms with van der Waals surface area (Å²) in [5, 5.41) is 0. The van der Waals surface area contributed by atoms with E-state index in [1.807, 2.05) is 30.3 Å². The molecule has 0 N–H and O–H groups in total. The molecule has 0 saturated carbocycles. The lowest BCUT2D eigenvalue weighted by atomic mass is 10.2. The Morgan fingerprint density at radius 3 is 2.62 bits per heavy atom. The second-order valence-electron chi connectivity index (χ2n) is 3.22. The van der Waals surface area contributed by atoms with E-state index in [-0.39, 0.29) is 6.61 Å². The molecule has 0 radical (unpaired) electrons. The first-order valence-electron chi connectivity index (χ1n) is 4.64. The van der Waals surface area contributed by atoms with Crippen molar-refractivity contribution < 1.29 is 16.5 Å². The highest BCUT2D eigenvalue weighted by Gasteiger charge is 2.09. The van der Waals surface area contributed by atoms with Crippen molar-refractivity contribution in [2.24, 2.45) is 4.99 Å². The van der Waals surface area contributed by atoms with Crippen LogP contribution in [-0.2, 0) is 14.7 Å². The fraction of sp³-hybridized carbons (Fsp3) is 0.300. The van der Waals surface area contributed by atoms with Crippen molar-refractivity contribution in [3.8, 4) is 0 Å². The zero-order valence-corrected chi connectivity index (χ0v) is 9.52. The first-order chi connectivity index (χ1) is 7.47. The van der Waals surface area contributed by atoms with E-state index in [0.717, 1.165) is 5.56 Å². The molecule has 0 bridgehead atoms. The standard InChI is InChI=1S/C10H12FNO3S/c1-9(8-15-16(11,13)14)12-7-10-5-3-2-4-6-10/h2-7,9H,8H2,1H3/b12-7+/t9-/m1/s1. The van der Waals surface area contributed by atoms with Crippen molar-refractivity contribution in [3.63, 3.8) is 0 Å². The van der Waals surface area contributed by atoms with Crippen molar-refractivity contribution in [1.82, 2.24) is 0 Å². The van der Waals surface area contributed by atoms with E-state index in [2.05, 4.69) is 9.18 Å². The fourth-order valence-electron chi connectivity index (χ4n) is 0.975. The van der Waals surface area contributed by atoms with Crippen LogP contribution >= 0.6 is 0 Å². The molecule has 0 aliphatic heterocycles. The van der Waals surface area contributed by atoms with Crippen molar-refractivity contribution in [1.29, 1.82) is 0 Å². The van der Waals surface area contributed by atoms with Gasteiger partial charge in [0.25, 0.3) is 0 Å². The summed E-state index contributed by atoms with van der Waals surface area (Å²) in [5.74, 6) is 0. The number of benzene rings is 1. The average Bonchev–Trinajstić information content (AvgIpc) is 2.24. The summed E-state index contributed by atoms with van der Waals surface area (Å²) in [5.41, 5.74) is 0.887. The van der Waals surface area contributed by atoms with Crippen LogP contribution in [0.1, 0.15) is 12.5 Å². The molecule has 4 nitrogen and oxygen atoms in total. The predicted molar refractivity (Wildman–Crippen MR) is 59.5 cm³/mol. The Bertz CT molecular complexity index is 444. The number of hydrogen-bond acceptors (Lipinski definition) is 4. The molecule has 16 heavy (non-hydrogen) atoms. The van der Waals surface area contributed by atoms with Gasteiger partial charge in [0.15, 0.2) is 0 Å². The molecule has 88 valence electrons. The second kappa shape index (κ2) is 5.72. The summed E-state index contributed by atoms with van der Waals surface area (Å²) >= 11 is 0. The highest BCUT2D eigenvalue weighted by Crippen LogP contribution is 2.00. The van der Waals surface area contributed by atoms with E-state index in [9.17, 15) is 12.3 Å². The summed E-state index contributed by atoms with van der Waals surface area (Å²) in [6.45, 7) is 1.33. The largest absolute Gasteiger partial charge is 0.437 e. The van der Waals surface area contributed by atoms with E-state index in [4.69, 9.17) is 0 Å². The molecular formula is C10H12FNO3S. The molecule has 0 aromatic heterocycles. The monoisotopic (exact) mass is 245 g/mol. The smallest absolute Gasteiger partial charge is 0.287 e. The first kappa shape index (κ1) is 12.8. The molecule has 1 aromatic rings. The minimum atomic E-state index is -4.88. The third-order valence-electron chi connectivity index (χ3n) is 1.73. The van der Waals surface area contributed by atoms with Crippen LogP contribution in [0.4, 0.5) is 3.89 Å². The Labute approximate surface area is 94.2 Å². The molecule has 0 saturated heterocycles. The van der Waals surface area contributed by atoms with Crippen LogP contribution in [0.25, 0.3) is 0 Å². The first-order valence-corrected chi connectivity index (χ1v) is 5.95. The van der Waals surface area contributed by atoms with Gasteiger partial charge < -0.3 is 0 Å². The Morgan fingerprint density at radius 1 is 1.44 bits per heavy atom. The minimum absolute atomic E-state index is 0.303. The van der Waals surface area contributed by atoms with Gasteiger partial charge >= 0.3 is 10.5 Å². The Morgan fingerprint density at radius 2 is 2.06 bits per heavy atom. The molecule has 0 aliphatic rings. The number of hydrogen-bond donors (Lipinski definition) is 0. The van der Waals surface area contributed by atoms with E-state index < -0.39 is 16.5 Å². The molecule has 6 heteroatoms. The molecule has 0 unspecified atom stereocenters. The maximum atomic E-state index is 12.0. The van der Waals surface area contributed by atoms with Crippen molar-refractivity contribution in [2.45, 2.75) is 13.0 Å². The van der Waals surface area contributed by atoms with Crippen LogP contribution in [0.3, 0.4) is 0 Å². The van der Waals surface area contributed by atoms with Crippen molar-refractivity contribution in [2.75, 3.05) is 6.61 Å². The van der Waals surface area contributed by atoms with Gasteiger partial charge in [0.2, 0.25) is 0 Å². The van der Waals surface area contributed by atoms with Crippen LogP contribution in [0.5, 0.6) is 0 Å². The molecule has 1 rings (SSSR count). The summed E-state index contributed by atoms with van der Waals surface area (Å²) in [6.07, 6.45) is 1.58. The Hall–Kier alpha value is -1.27.